The summed E-state index contributed by atoms with van der Waals surface area (Å²) in [6, 6.07) is 1.55. The van der Waals surface area contributed by atoms with Crippen molar-refractivity contribution in [3.8, 4) is 0 Å². The van der Waals surface area contributed by atoms with Crippen LogP contribution >= 0.6 is 11.6 Å². The normalized spacial score (nSPS) is 11.5. The Morgan fingerprint density at radius 3 is 2.74 bits per heavy atom. The number of carbonyl (C=O) groups is 1. The van der Waals surface area contributed by atoms with Gasteiger partial charge in [0.2, 0.25) is 10.0 Å². The van der Waals surface area contributed by atoms with E-state index in [1.807, 2.05) is 0 Å². The number of amides is 1. The number of carbonyl (C=O) groups excluding carboxylic acids is 1. The number of primary sulfonamides is 1. The molecule has 19 heavy (non-hydrogen) atoms. The first kappa shape index (κ1) is 16.0. The minimum absolute atomic E-state index is 0.00465. The predicted octanol–water partition coefficient (Wildman–Crippen LogP) is -0.287. The molecule has 0 saturated carbocycles. The van der Waals surface area contributed by atoms with Crippen LogP contribution in [0.4, 0.5) is 0 Å². The van der Waals surface area contributed by atoms with E-state index in [0.717, 1.165) is 0 Å². The summed E-state index contributed by atoms with van der Waals surface area (Å²) in [4.78, 5) is 11.7. The summed E-state index contributed by atoms with van der Waals surface area (Å²) in [5.74, 6) is -0.515. The number of hydrogen-bond acceptors (Lipinski definition) is 4. The van der Waals surface area contributed by atoms with Crippen LogP contribution in [0.5, 0.6) is 0 Å². The molecule has 0 bridgehead atoms. The number of aromatic nitrogens is 1. The number of rotatable bonds is 7. The third-order valence-electron chi connectivity index (χ3n) is 2.25. The maximum atomic E-state index is 11.7. The molecule has 0 unspecified atom stereocenters. The van der Waals surface area contributed by atoms with Crippen LogP contribution in [0.2, 0.25) is 5.02 Å². The lowest BCUT2D eigenvalue weighted by molar-refractivity contribution is 0.0915. The first-order chi connectivity index (χ1) is 8.79. The number of nitrogens with two attached hydrogens (primary N) is 1. The average molecular weight is 310 g/mol. The van der Waals surface area contributed by atoms with Gasteiger partial charge in [-0.05, 0) is 6.07 Å². The number of hydrogen-bond donors (Lipinski definition) is 2. The molecule has 0 spiro atoms. The van der Waals surface area contributed by atoms with Gasteiger partial charge in [-0.1, -0.05) is 11.6 Å². The van der Waals surface area contributed by atoms with Crippen LogP contribution in [-0.4, -0.2) is 44.4 Å². The Kier molecular flexibility index (Phi) is 5.80. The predicted molar refractivity (Wildman–Crippen MR) is 71.5 cm³/mol. The highest BCUT2D eigenvalue weighted by atomic mass is 35.5. The first-order valence-corrected chi connectivity index (χ1v) is 7.57. The Labute approximate surface area is 116 Å². The fraction of sp³-hybridized carbons (Fsp3) is 0.500. The van der Waals surface area contributed by atoms with E-state index in [9.17, 15) is 13.2 Å². The molecule has 3 N–H and O–H groups in total. The highest BCUT2D eigenvalue weighted by Crippen LogP contribution is 2.12. The molecule has 0 radical (unpaired) electrons. The Balaban J connectivity index is 2.23. The lowest BCUT2D eigenvalue weighted by atomic mass is 10.4. The molecular weight excluding hydrogens is 294 g/mol. The van der Waals surface area contributed by atoms with Gasteiger partial charge in [0.1, 0.15) is 5.69 Å². The second kappa shape index (κ2) is 6.90. The van der Waals surface area contributed by atoms with Crippen molar-refractivity contribution in [3.63, 3.8) is 0 Å². The number of nitrogens with zero attached hydrogens (tertiary/aromatic N) is 1. The summed E-state index contributed by atoms with van der Waals surface area (Å²) in [5, 5.41) is 7.91. The van der Waals surface area contributed by atoms with Crippen molar-refractivity contribution < 1.29 is 17.9 Å². The fourth-order valence-electron chi connectivity index (χ4n) is 1.35. The third kappa shape index (κ3) is 6.06. The van der Waals surface area contributed by atoms with Gasteiger partial charge in [-0.2, -0.15) is 0 Å². The Bertz CT molecular complexity index is 541. The van der Waals surface area contributed by atoms with Gasteiger partial charge in [0, 0.05) is 19.8 Å². The maximum absolute atomic E-state index is 11.7. The van der Waals surface area contributed by atoms with Crippen LogP contribution in [0.15, 0.2) is 12.3 Å². The topological polar surface area (TPSA) is 103 Å². The van der Waals surface area contributed by atoms with E-state index in [1.54, 1.807) is 23.9 Å². The van der Waals surface area contributed by atoms with E-state index in [-0.39, 0.29) is 31.4 Å². The number of aryl methyl sites for hydroxylation is 1. The number of ether oxygens (including phenoxy) is 1. The van der Waals surface area contributed by atoms with Gasteiger partial charge in [0.15, 0.2) is 0 Å². The van der Waals surface area contributed by atoms with Gasteiger partial charge in [0.05, 0.1) is 24.0 Å². The highest BCUT2D eigenvalue weighted by molar-refractivity contribution is 7.89. The average Bonchev–Trinajstić information content (AvgIpc) is 2.61. The molecule has 0 aromatic carbocycles. The van der Waals surface area contributed by atoms with Crippen molar-refractivity contribution in [1.29, 1.82) is 0 Å². The Morgan fingerprint density at radius 2 is 2.21 bits per heavy atom. The van der Waals surface area contributed by atoms with Crippen LogP contribution < -0.4 is 10.5 Å². The SMILES string of the molecule is Cn1cc(Cl)cc1C(=O)NCCOCCS(N)(=O)=O. The molecule has 9 heteroatoms. The molecule has 0 saturated heterocycles. The summed E-state index contributed by atoms with van der Waals surface area (Å²) >= 11 is 5.76. The molecule has 1 aromatic rings. The van der Waals surface area contributed by atoms with Gasteiger partial charge in [0.25, 0.3) is 5.91 Å². The van der Waals surface area contributed by atoms with Crippen molar-refractivity contribution in [2.75, 3.05) is 25.5 Å². The number of sulfonamides is 1. The van der Waals surface area contributed by atoms with Gasteiger partial charge < -0.3 is 14.6 Å². The molecule has 0 fully saturated rings. The Hall–Kier alpha value is -1.09. The minimum atomic E-state index is -3.50. The van der Waals surface area contributed by atoms with Crippen molar-refractivity contribution >= 4 is 27.5 Å². The quantitative estimate of drug-likeness (QED) is 0.676. The molecule has 1 aromatic heterocycles. The van der Waals surface area contributed by atoms with Gasteiger partial charge >= 0.3 is 0 Å². The highest BCUT2D eigenvalue weighted by Gasteiger charge is 2.10. The largest absolute Gasteiger partial charge is 0.379 e. The molecule has 108 valence electrons. The van der Waals surface area contributed by atoms with Gasteiger partial charge in [-0.3, -0.25) is 4.79 Å². The summed E-state index contributed by atoms with van der Waals surface area (Å²) < 4.78 is 27.9. The zero-order valence-electron chi connectivity index (χ0n) is 10.4. The van der Waals surface area contributed by atoms with E-state index in [2.05, 4.69) is 5.32 Å². The molecular formula is C10H16ClN3O4S. The first-order valence-electron chi connectivity index (χ1n) is 5.48. The maximum Gasteiger partial charge on any atom is 0.268 e. The van der Waals surface area contributed by atoms with Crippen molar-refractivity contribution in [3.05, 3.63) is 23.0 Å². The minimum Gasteiger partial charge on any atom is -0.379 e. The van der Waals surface area contributed by atoms with E-state index in [1.165, 1.54) is 0 Å². The van der Waals surface area contributed by atoms with Crippen LogP contribution in [0.3, 0.4) is 0 Å². The molecule has 0 aliphatic rings. The molecule has 7 nitrogen and oxygen atoms in total. The summed E-state index contributed by atoms with van der Waals surface area (Å²) in [6.45, 7) is 0.482. The van der Waals surface area contributed by atoms with Crippen molar-refractivity contribution in [1.82, 2.24) is 9.88 Å². The molecule has 1 amide bonds. The van der Waals surface area contributed by atoms with Crippen LogP contribution in [-0.2, 0) is 21.8 Å². The Morgan fingerprint density at radius 1 is 1.53 bits per heavy atom. The second-order valence-corrected chi connectivity index (χ2v) is 6.06. The summed E-state index contributed by atoms with van der Waals surface area (Å²) in [7, 11) is -1.79. The lowest BCUT2D eigenvalue weighted by Crippen LogP contribution is -2.29. The lowest BCUT2D eigenvalue weighted by Gasteiger charge is -2.06. The van der Waals surface area contributed by atoms with E-state index in [4.69, 9.17) is 21.5 Å². The molecule has 0 aliphatic carbocycles. The van der Waals surface area contributed by atoms with Gasteiger partial charge in [-0.15, -0.1) is 0 Å². The molecule has 1 rings (SSSR count). The van der Waals surface area contributed by atoms with Gasteiger partial charge in [-0.25, -0.2) is 13.6 Å². The summed E-state index contributed by atoms with van der Waals surface area (Å²) in [5.41, 5.74) is 0.439. The standard InChI is InChI=1S/C10H16ClN3O4S/c1-14-7-8(11)6-9(14)10(15)13-2-3-18-4-5-19(12,16)17/h6-7H,2-5H2,1H3,(H,13,15)(H2,12,16,17). The zero-order chi connectivity index (χ0) is 14.5. The fourth-order valence-corrected chi connectivity index (χ4v) is 1.95. The second-order valence-electron chi connectivity index (χ2n) is 3.89. The smallest absolute Gasteiger partial charge is 0.268 e. The zero-order valence-corrected chi connectivity index (χ0v) is 12.0. The summed E-state index contributed by atoms with van der Waals surface area (Å²) in [6.07, 6.45) is 1.62. The van der Waals surface area contributed by atoms with E-state index in [0.29, 0.717) is 10.7 Å². The molecule has 0 aliphatic heterocycles. The van der Waals surface area contributed by atoms with Crippen LogP contribution in [0.1, 0.15) is 10.5 Å². The monoisotopic (exact) mass is 309 g/mol. The molecule has 1 heterocycles. The molecule has 0 atom stereocenters. The number of halogens is 1. The van der Waals surface area contributed by atoms with Crippen molar-refractivity contribution in [2.45, 2.75) is 0 Å². The third-order valence-corrected chi connectivity index (χ3v) is 3.19. The number of nitrogens with one attached hydrogen (secondary N) is 1. The van der Waals surface area contributed by atoms with E-state index >= 15 is 0 Å². The van der Waals surface area contributed by atoms with Crippen LogP contribution in [0, 0.1) is 0 Å². The van der Waals surface area contributed by atoms with E-state index < -0.39 is 10.0 Å². The van der Waals surface area contributed by atoms with Crippen molar-refractivity contribution in [2.24, 2.45) is 12.2 Å². The van der Waals surface area contributed by atoms with Crippen LogP contribution in [0.25, 0.3) is 0 Å².